The zero-order valence-corrected chi connectivity index (χ0v) is 14.1. The Labute approximate surface area is 141 Å². The fraction of sp³-hybridized carbons (Fsp3) is 0.368. The minimum Gasteiger partial charge on any atom is -0.350 e. The second kappa shape index (κ2) is 5.82. The van der Waals surface area contributed by atoms with Crippen molar-refractivity contribution in [2.45, 2.75) is 31.8 Å². The van der Waals surface area contributed by atoms with Gasteiger partial charge in [0.2, 0.25) is 5.91 Å². The third kappa shape index (κ3) is 2.70. The first-order chi connectivity index (χ1) is 11.6. The number of para-hydroxylation sites is 1. The van der Waals surface area contributed by atoms with E-state index in [2.05, 4.69) is 27.9 Å². The summed E-state index contributed by atoms with van der Waals surface area (Å²) < 4.78 is 4.08. The van der Waals surface area contributed by atoms with Crippen molar-refractivity contribution in [2.75, 3.05) is 0 Å². The Morgan fingerprint density at radius 2 is 2.04 bits per heavy atom. The summed E-state index contributed by atoms with van der Waals surface area (Å²) >= 11 is 0. The lowest BCUT2D eigenvalue weighted by molar-refractivity contribution is -0.131. The molecule has 0 saturated heterocycles. The number of benzene rings is 1. The molecule has 2 heterocycles. The van der Waals surface area contributed by atoms with E-state index in [9.17, 15) is 4.79 Å². The van der Waals surface area contributed by atoms with E-state index >= 15 is 0 Å². The van der Waals surface area contributed by atoms with Crippen LogP contribution in [0, 0.1) is 0 Å². The highest BCUT2D eigenvalue weighted by molar-refractivity contribution is 5.89. The highest BCUT2D eigenvalue weighted by Crippen LogP contribution is 2.29. The molecule has 124 valence electrons. The zero-order chi connectivity index (χ0) is 16.7. The second-order valence-electron chi connectivity index (χ2n) is 6.67. The number of amides is 1. The minimum absolute atomic E-state index is 0.192. The molecule has 1 aliphatic carbocycles. The first-order valence-corrected chi connectivity index (χ1v) is 8.42. The molecule has 4 rings (SSSR count). The van der Waals surface area contributed by atoms with Gasteiger partial charge in [0, 0.05) is 49.6 Å². The number of hydrogen-bond acceptors (Lipinski definition) is 2. The lowest BCUT2D eigenvalue weighted by Gasteiger charge is -2.22. The largest absolute Gasteiger partial charge is 0.350 e. The van der Waals surface area contributed by atoms with Crippen molar-refractivity contribution in [3.63, 3.8) is 0 Å². The SMILES string of the molecule is Cn1ccnc1CN(C(=O)Cc1cn(C)c2ccccc12)C1CC1. The van der Waals surface area contributed by atoms with Crippen LogP contribution in [0.2, 0.25) is 0 Å². The molecule has 1 saturated carbocycles. The van der Waals surface area contributed by atoms with Gasteiger partial charge in [0.1, 0.15) is 5.82 Å². The normalized spacial score (nSPS) is 14.2. The van der Waals surface area contributed by atoms with Gasteiger partial charge in [-0.3, -0.25) is 4.79 Å². The number of rotatable bonds is 5. The predicted molar refractivity (Wildman–Crippen MR) is 93.4 cm³/mol. The Morgan fingerprint density at radius 3 is 2.75 bits per heavy atom. The van der Waals surface area contributed by atoms with Crippen LogP contribution >= 0.6 is 0 Å². The van der Waals surface area contributed by atoms with Crippen molar-refractivity contribution < 1.29 is 4.79 Å². The van der Waals surface area contributed by atoms with Crippen LogP contribution < -0.4 is 0 Å². The van der Waals surface area contributed by atoms with Crippen LogP contribution in [-0.2, 0) is 31.9 Å². The summed E-state index contributed by atoms with van der Waals surface area (Å²) in [5.41, 5.74) is 2.27. The molecule has 0 atom stereocenters. The molecule has 5 heteroatoms. The highest BCUT2D eigenvalue weighted by Gasteiger charge is 2.33. The Balaban J connectivity index is 1.58. The van der Waals surface area contributed by atoms with E-state index in [1.54, 1.807) is 6.20 Å². The molecule has 0 spiro atoms. The molecule has 2 aromatic heterocycles. The zero-order valence-electron chi connectivity index (χ0n) is 14.1. The summed E-state index contributed by atoms with van der Waals surface area (Å²) in [7, 11) is 4.01. The molecule has 0 bridgehead atoms. The molecule has 1 aliphatic rings. The van der Waals surface area contributed by atoms with E-state index in [-0.39, 0.29) is 5.91 Å². The maximum absolute atomic E-state index is 13.0. The van der Waals surface area contributed by atoms with Gasteiger partial charge >= 0.3 is 0 Å². The molecule has 1 fully saturated rings. The summed E-state index contributed by atoms with van der Waals surface area (Å²) in [6, 6.07) is 8.63. The number of aromatic nitrogens is 3. The maximum Gasteiger partial charge on any atom is 0.227 e. The van der Waals surface area contributed by atoms with E-state index in [1.165, 1.54) is 10.9 Å². The Bertz CT molecular complexity index is 888. The van der Waals surface area contributed by atoms with Crippen molar-refractivity contribution in [3.8, 4) is 0 Å². The van der Waals surface area contributed by atoms with E-state index in [1.807, 2.05) is 41.9 Å². The van der Waals surface area contributed by atoms with Gasteiger partial charge in [-0.25, -0.2) is 4.98 Å². The first kappa shape index (κ1) is 15.0. The predicted octanol–water partition coefficient (Wildman–Crippen LogP) is 2.65. The number of carbonyl (C=O) groups is 1. The smallest absolute Gasteiger partial charge is 0.227 e. The van der Waals surface area contributed by atoms with Crippen LogP contribution in [0.1, 0.15) is 24.2 Å². The molecular weight excluding hydrogens is 300 g/mol. The minimum atomic E-state index is 0.192. The van der Waals surface area contributed by atoms with Gasteiger partial charge in [-0.1, -0.05) is 18.2 Å². The molecule has 0 aliphatic heterocycles. The molecule has 24 heavy (non-hydrogen) atoms. The van der Waals surface area contributed by atoms with E-state index in [4.69, 9.17) is 0 Å². The van der Waals surface area contributed by atoms with Crippen molar-refractivity contribution in [1.29, 1.82) is 0 Å². The highest BCUT2D eigenvalue weighted by atomic mass is 16.2. The van der Waals surface area contributed by atoms with E-state index < -0.39 is 0 Å². The van der Waals surface area contributed by atoms with E-state index in [0.29, 0.717) is 19.0 Å². The van der Waals surface area contributed by atoms with Crippen LogP contribution in [0.3, 0.4) is 0 Å². The lowest BCUT2D eigenvalue weighted by Crippen LogP contribution is -2.34. The van der Waals surface area contributed by atoms with E-state index in [0.717, 1.165) is 24.2 Å². The van der Waals surface area contributed by atoms with Gasteiger partial charge in [0.25, 0.3) is 0 Å². The molecule has 0 radical (unpaired) electrons. The van der Waals surface area contributed by atoms with Crippen molar-refractivity contribution in [1.82, 2.24) is 19.0 Å². The quantitative estimate of drug-likeness (QED) is 0.725. The monoisotopic (exact) mass is 322 g/mol. The number of nitrogens with zero attached hydrogens (tertiary/aromatic N) is 4. The second-order valence-corrected chi connectivity index (χ2v) is 6.67. The molecule has 0 N–H and O–H groups in total. The number of aryl methyl sites for hydroxylation is 2. The maximum atomic E-state index is 13.0. The Morgan fingerprint density at radius 1 is 1.25 bits per heavy atom. The van der Waals surface area contributed by atoms with Gasteiger partial charge in [-0.15, -0.1) is 0 Å². The van der Waals surface area contributed by atoms with Crippen LogP contribution in [-0.4, -0.2) is 31.0 Å². The summed E-state index contributed by atoms with van der Waals surface area (Å²) in [5, 5.41) is 1.17. The van der Waals surface area contributed by atoms with Crippen molar-refractivity contribution >= 4 is 16.8 Å². The standard InChI is InChI=1S/C19H22N4O/c1-21-10-9-20-18(21)13-23(15-7-8-15)19(24)11-14-12-22(2)17-6-4-3-5-16(14)17/h3-6,9-10,12,15H,7-8,11,13H2,1-2H3. The van der Waals surface area contributed by atoms with Crippen molar-refractivity contribution in [3.05, 3.63) is 54.2 Å². The summed E-state index contributed by atoms with van der Waals surface area (Å²) in [6.07, 6.45) is 8.44. The Kier molecular flexibility index (Phi) is 3.63. The molecule has 0 unspecified atom stereocenters. The lowest BCUT2D eigenvalue weighted by atomic mass is 10.1. The van der Waals surface area contributed by atoms with Gasteiger partial charge in [0.15, 0.2) is 0 Å². The molecule has 1 aromatic carbocycles. The number of hydrogen-bond donors (Lipinski definition) is 0. The fourth-order valence-corrected chi connectivity index (χ4v) is 3.34. The average molecular weight is 322 g/mol. The van der Waals surface area contributed by atoms with Crippen LogP contribution in [0.25, 0.3) is 10.9 Å². The molecule has 1 amide bonds. The van der Waals surface area contributed by atoms with Gasteiger partial charge in [-0.05, 0) is 24.5 Å². The third-order valence-corrected chi connectivity index (χ3v) is 4.86. The third-order valence-electron chi connectivity index (χ3n) is 4.86. The van der Waals surface area contributed by atoms with Crippen LogP contribution in [0.5, 0.6) is 0 Å². The number of fused-ring (bicyclic) bond motifs is 1. The molecule has 3 aromatic rings. The van der Waals surface area contributed by atoms with Crippen LogP contribution in [0.4, 0.5) is 0 Å². The van der Waals surface area contributed by atoms with Gasteiger partial charge in [-0.2, -0.15) is 0 Å². The fourth-order valence-electron chi connectivity index (χ4n) is 3.34. The van der Waals surface area contributed by atoms with Crippen molar-refractivity contribution in [2.24, 2.45) is 14.1 Å². The summed E-state index contributed by atoms with van der Waals surface area (Å²) in [6.45, 7) is 0.595. The van der Waals surface area contributed by atoms with Gasteiger partial charge < -0.3 is 14.0 Å². The number of carbonyl (C=O) groups excluding carboxylic acids is 1. The molecular formula is C19H22N4O. The number of imidazole rings is 1. The topological polar surface area (TPSA) is 43.1 Å². The molecule has 5 nitrogen and oxygen atoms in total. The van der Waals surface area contributed by atoms with Crippen LogP contribution in [0.15, 0.2) is 42.9 Å². The average Bonchev–Trinajstić information content (AvgIpc) is 3.27. The summed E-state index contributed by atoms with van der Waals surface area (Å²) in [5.74, 6) is 1.13. The Hall–Kier alpha value is -2.56. The first-order valence-electron chi connectivity index (χ1n) is 8.42. The summed E-state index contributed by atoms with van der Waals surface area (Å²) in [4.78, 5) is 19.3. The van der Waals surface area contributed by atoms with Gasteiger partial charge in [0.05, 0.1) is 13.0 Å².